The van der Waals surface area contributed by atoms with Gasteiger partial charge in [-0.05, 0) is 50.4 Å². The molecule has 1 saturated carbocycles. The van der Waals surface area contributed by atoms with Gasteiger partial charge in [-0.25, -0.2) is 17.5 Å². The molecule has 1 N–H and O–H groups in total. The van der Waals surface area contributed by atoms with E-state index in [1.165, 1.54) is 6.07 Å². The van der Waals surface area contributed by atoms with Crippen molar-refractivity contribution >= 4 is 10.0 Å². The SMILES string of the molecule is COc1ccc(F)c(CN2CCCC(S(=O)(=O)NC3CCCC3)C2)c1. The van der Waals surface area contributed by atoms with Crippen molar-refractivity contribution in [2.75, 3.05) is 20.2 Å². The van der Waals surface area contributed by atoms with Gasteiger partial charge in [0.1, 0.15) is 11.6 Å². The maximum atomic E-state index is 14.0. The number of nitrogens with one attached hydrogen (secondary N) is 1. The first-order valence-corrected chi connectivity index (χ1v) is 10.6. The Kier molecular flexibility index (Phi) is 5.96. The quantitative estimate of drug-likeness (QED) is 0.836. The lowest BCUT2D eigenvalue weighted by atomic mass is 10.1. The minimum atomic E-state index is -3.33. The molecular weight excluding hydrogens is 343 g/mol. The summed E-state index contributed by atoms with van der Waals surface area (Å²) in [5.41, 5.74) is 0.543. The van der Waals surface area contributed by atoms with Crippen molar-refractivity contribution < 1.29 is 17.5 Å². The van der Waals surface area contributed by atoms with Gasteiger partial charge in [-0.15, -0.1) is 0 Å². The third kappa shape index (κ3) is 4.71. The molecule has 0 bridgehead atoms. The molecule has 0 aromatic heterocycles. The highest BCUT2D eigenvalue weighted by Gasteiger charge is 2.33. The van der Waals surface area contributed by atoms with Crippen LogP contribution in [0.3, 0.4) is 0 Å². The van der Waals surface area contributed by atoms with Crippen LogP contribution in [-0.4, -0.2) is 44.8 Å². The first kappa shape index (κ1) is 18.6. The molecule has 7 heteroatoms. The predicted octanol–water partition coefficient (Wildman–Crippen LogP) is 2.66. The summed E-state index contributed by atoms with van der Waals surface area (Å²) in [6.45, 7) is 1.63. The Morgan fingerprint density at radius 3 is 2.72 bits per heavy atom. The number of rotatable bonds is 6. The molecule has 1 saturated heterocycles. The standard InChI is InChI=1S/C18H27FN2O3S/c1-24-16-8-9-18(19)14(11-16)12-21-10-4-7-17(13-21)25(22,23)20-15-5-2-3-6-15/h8-9,11,15,17,20H,2-7,10,12-13H2,1H3. The number of piperidine rings is 1. The van der Waals surface area contributed by atoms with E-state index >= 15 is 0 Å². The van der Waals surface area contributed by atoms with Crippen molar-refractivity contribution in [1.29, 1.82) is 0 Å². The number of halogens is 1. The fraction of sp³-hybridized carbons (Fsp3) is 0.667. The third-order valence-corrected chi connectivity index (χ3v) is 7.16. The lowest BCUT2D eigenvalue weighted by molar-refractivity contribution is 0.218. The van der Waals surface area contributed by atoms with Gasteiger partial charge in [0.25, 0.3) is 0 Å². The van der Waals surface area contributed by atoms with E-state index in [2.05, 4.69) is 4.72 Å². The van der Waals surface area contributed by atoms with E-state index < -0.39 is 15.3 Å². The van der Waals surface area contributed by atoms with Gasteiger partial charge < -0.3 is 4.74 Å². The van der Waals surface area contributed by atoms with Crippen LogP contribution in [0.25, 0.3) is 0 Å². The Bertz CT molecular complexity index is 690. The lowest BCUT2D eigenvalue weighted by Gasteiger charge is -2.33. The molecule has 3 rings (SSSR count). The highest BCUT2D eigenvalue weighted by atomic mass is 32.2. The summed E-state index contributed by atoms with van der Waals surface area (Å²) in [5.74, 6) is 0.329. The number of nitrogens with zero attached hydrogens (tertiary/aromatic N) is 1. The molecule has 1 aliphatic carbocycles. The smallest absolute Gasteiger partial charge is 0.215 e. The molecular formula is C18H27FN2O3S. The van der Waals surface area contributed by atoms with Crippen LogP contribution in [-0.2, 0) is 16.6 Å². The third-order valence-electron chi connectivity index (χ3n) is 5.23. The van der Waals surface area contributed by atoms with E-state index in [-0.39, 0.29) is 11.9 Å². The number of sulfonamides is 1. The largest absolute Gasteiger partial charge is 0.497 e. The van der Waals surface area contributed by atoms with Crippen LogP contribution in [0.1, 0.15) is 44.1 Å². The second-order valence-corrected chi connectivity index (χ2v) is 9.09. The minimum absolute atomic E-state index is 0.0937. The van der Waals surface area contributed by atoms with Gasteiger partial charge in [-0.2, -0.15) is 0 Å². The number of benzene rings is 1. The van der Waals surface area contributed by atoms with Crippen LogP contribution in [0.15, 0.2) is 18.2 Å². The Labute approximate surface area is 149 Å². The number of hydrogen-bond donors (Lipinski definition) is 1. The number of likely N-dealkylation sites (tertiary alicyclic amines) is 1. The summed E-state index contributed by atoms with van der Waals surface area (Å²) in [7, 11) is -1.77. The molecule has 0 radical (unpaired) electrons. The van der Waals surface area contributed by atoms with Crippen molar-refractivity contribution in [2.24, 2.45) is 0 Å². The van der Waals surface area contributed by atoms with E-state index in [0.717, 1.165) is 38.6 Å². The van der Waals surface area contributed by atoms with Crippen molar-refractivity contribution in [2.45, 2.75) is 56.4 Å². The molecule has 2 fully saturated rings. The van der Waals surface area contributed by atoms with E-state index in [1.807, 2.05) is 4.90 Å². The average molecular weight is 370 g/mol. The van der Waals surface area contributed by atoms with E-state index in [1.54, 1.807) is 19.2 Å². The summed E-state index contributed by atoms with van der Waals surface area (Å²) >= 11 is 0. The zero-order valence-electron chi connectivity index (χ0n) is 14.7. The first-order chi connectivity index (χ1) is 12.0. The van der Waals surface area contributed by atoms with Gasteiger partial charge in [0.15, 0.2) is 0 Å². The van der Waals surface area contributed by atoms with Gasteiger partial charge >= 0.3 is 0 Å². The van der Waals surface area contributed by atoms with Gasteiger partial charge in [-0.3, -0.25) is 4.90 Å². The average Bonchev–Trinajstić information content (AvgIpc) is 3.09. The molecule has 1 aromatic carbocycles. The van der Waals surface area contributed by atoms with E-state index in [0.29, 0.717) is 30.8 Å². The van der Waals surface area contributed by atoms with Gasteiger partial charge in [0, 0.05) is 24.7 Å². The zero-order chi connectivity index (χ0) is 17.9. The van der Waals surface area contributed by atoms with Gasteiger partial charge in [0.05, 0.1) is 12.4 Å². The zero-order valence-corrected chi connectivity index (χ0v) is 15.5. The Balaban J connectivity index is 1.64. The first-order valence-electron chi connectivity index (χ1n) is 9.04. The molecule has 1 unspecified atom stereocenters. The molecule has 5 nitrogen and oxygen atoms in total. The van der Waals surface area contributed by atoms with Crippen molar-refractivity contribution in [3.05, 3.63) is 29.6 Å². The highest BCUT2D eigenvalue weighted by Crippen LogP contribution is 2.24. The van der Waals surface area contributed by atoms with Crippen LogP contribution in [0.2, 0.25) is 0 Å². The molecule has 0 amide bonds. The van der Waals surface area contributed by atoms with Gasteiger partial charge in [-0.1, -0.05) is 12.8 Å². The van der Waals surface area contributed by atoms with E-state index in [9.17, 15) is 12.8 Å². The van der Waals surface area contributed by atoms with Crippen LogP contribution in [0.4, 0.5) is 4.39 Å². The van der Waals surface area contributed by atoms with Crippen LogP contribution in [0.5, 0.6) is 5.75 Å². The monoisotopic (exact) mass is 370 g/mol. The highest BCUT2D eigenvalue weighted by molar-refractivity contribution is 7.90. The molecule has 2 aliphatic rings. The lowest BCUT2D eigenvalue weighted by Crippen LogP contribution is -2.48. The van der Waals surface area contributed by atoms with Crippen molar-refractivity contribution in [3.63, 3.8) is 0 Å². The second-order valence-electron chi connectivity index (χ2n) is 7.10. The molecule has 1 heterocycles. The fourth-order valence-corrected chi connectivity index (χ4v) is 5.60. The number of hydrogen-bond acceptors (Lipinski definition) is 4. The molecule has 25 heavy (non-hydrogen) atoms. The maximum Gasteiger partial charge on any atom is 0.215 e. The molecule has 140 valence electrons. The molecule has 0 spiro atoms. The number of ether oxygens (including phenoxy) is 1. The normalized spacial score (nSPS) is 23.0. The second kappa shape index (κ2) is 8.01. The maximum absolute atomic E-state index is 14.0. The summed E-state index contributed by atoms with van der Waals surface area (Å²) in [5, 5.41) is -0.421. The molecule has 1 atom stereocenters. The van der Waals surface area contributed by atoms with Gasteiger partial charge in [0.2, 0.25) is 10.0 Å². The Morgan fingerprint density at radius 2 is 2.00 bits per heavy atom. The van der Waals surface area contributed by atoms with Crippen LogP contribution in [0, 0.1) is 5.82 Å². The fourth-order valence-electron chi connectivity index (χ4n) is 3.82. The Morgan fingerprint density at radius 1 is 1.24 bits per heavy atom. The summed E-state index contributed by atoms with van der Waals surface area (Å²) in [6.07, 6.45) is 5.54. The summed E-state index contributed by atoms with van der Waals surface area (Å²) < 4.78 is 47.4. The number of methoxy groups -OCH3 is 1. The van der Waals surface area contributed by atoms with E-state index in [4.69, 9.17) is 4.74 Å². The molecule has 1 aliphatic heterocycles. The van der Waals surface area contributed by atoms with Crippen LogP contribution >= 0.6 is 0 Å². The molecule has 1 aromatic rings. The summed E-state index contributed by atoms with van der Waals surface area (Å²) in [6, 6.07) is 4.77. The predicted molar refractivity (Wildman–Crippen MR) is 95.6 cm³/mol. The van der Waals surface area contributed by atoms with Crippen molar-refractivity contribution in [3.8, 4) is 5.75 Å². The summed E-state index contributed by atoms with van der Waals surface area (Å²) in [4.78, 5) is 2.03. The topological polar surface area (TPSA) is 58.6 Å². The minimum Gasteiger partial charge on any atom is -0.497 e. The Hall–Kier alpha value is -1.18. The van der Waals surface area contributed by atoms with Crippen molar-refractivity contribution in [1.82, 2.24) is 9.62 Å². The van der Waals surface area contributed by atoms with Crippen LogP contribution < -0.4 is 9.46 Å².